The maximum Gasteiger partial charge on any atom is 0.232 e. The molecule has 0 saturated heterocycles. The van der Waals surface area contributed by atoms with E-state index >= 15 is 0 Å². The summed E-state index contributed by atoms with van der Waals surface area (Å²) in [6.07, 6.45) is 0.181. The normalized spacial score (nSPS) is 11.2. The van der Waals surface area contributed by atoms with Crippen molar-refractivity contribution in [3.05, 3.63) is 52.8 Å². The summed E-state index contributed by atoms with van der Waals surface area (Å²) in [7, 11) is -1.77. The van der Waals surface area contributed by atoms with Crippen molar-refractivity contribution < 1.29 is 17.9 Å². The van der Waals surface area contributed by atoms with Gasteiger partial charge in [-0.2, -0.15) is 5.10 Å². The summed E-state index contributed by atoms with van der Waals surface area (Å²) in [5.41, 5.74) is 2.62. The Hall–Kier alpha value is -3.18. The number of H-pyrrole nitrogens is 1. The fourth-order valence-electron chi connectivity index (χ4n) is 3.02. The highest BCUT2D eigenvalue weighted by Gasteiger charge is 2.13. The van der Waals surface area contributed by atoms with E-state index in [1.165, 1.54) is 0 Å². The summed E-state index contributed by atoms with van der Waals surface area (Å²) in [5, 5.41) is 9.88. The molecule has 1 heterocycles. The Morgan fingerprint density at radius 3 is 2.56 bits per heavy atom. The molecule has 0 aliphatic carbocycles. The van der Waals surface area contributed by atoms with Gasteiger partial charge in [-0.3, -0.25) is 19.2 Å². The molecule has 0 atom stereocenters. The molecule has 2 aromatic carbocycles. The molecule has 3 N–H and O–H groups in total. The molecule has 0 aliphatic rings. The number of hydrogen-bond acceptors (Lipinski definition) is 6. The molecule has 3 aromatic rings. The molecule has 32 heavy (non-hydrogen) atoms. The third-order valence-corrected chi connectivity index (χ3v) is 6.43. The van der Waals surface area contributed by atoms with Crippen LogP contribution in [0.3, 0.4) is 0 Å². The smallest absolute Gasteiger partial charge is 0.232 e. The van der Waals surface area contributed by atoms with Crippen LogP contribution in [0.25, 0.3) is 11.4 Å². The molecule has 0 fully saturated rings. The van der Waals surface area contributed by atoms with Gasteiger partial charge in [0.15, 0.2) is 10.6 Å². The van der Waals surface area contributed by atoms with E-state index in [0.29, 0.717) is 34.1 Å². The quantitative estimate of drug-likeness (QED) is 0.406. The molecule has 3 rings (SSSR count). The van der Waals surface area contributed by atoms with Crippen molar-refractivity contribution in [2.75, 3.05) is 22.9 Å². The average molecular weight is 476 g/mol. The SMILES string of the molecule is CCS(=O)(=O)Nc1ccc(NC(=O)CCn2c(-c3ccc(OC)cc3)n[nH]c2=S)cc1C. The van der Waals surface area contributed by atoms with Gasteiger partial charge in [0.2, 0.25) is 15.9 Å². The predicted molar refractivity (Wildman–Crippen MR) is 127 cm³/mol. The molecular formula is C21H25N5O4S2. The Bertz CT molecular complexity index is 1260. The molecule has 1 amide bonds. The van der Waals surface area contributed by atoms with Gasteiger partial charge < -0.3 is 10.1 Å². The van der Waals surface area contributed by atoms with Gasteiger partial charge >= 0.3 is 0 Å². The average Bonchev–Trinajstić information content (AvgIpc) is 3.14. The van der Waals surface area contributed by atoms with Crippen LogP contribution in [0, 0.1) is 11.7 Å². The number of anilines is 2. The minimum atomic E-state index is -3.37. The Labute approximate surface area is 191 Å². The molecule has 0 radical (unpaired) electrons. The lowest BCUT2D eigenvalue weighted by atomic mass is 10.2. The molecule has 0 saturated carbocycles. The molecule has 0 spiro atoms. The van der Waals surface area contributed by atoms with E-state index in [-0.39, 0.29) is 18.1 Å². The van der Waals surface area contributed by atoms with Crippen LogP contribution >= 0.6 is 12.2 Å². The lowest BCUT2D eigenvalue weighted by Crippen LogP contribution is -2.17. The fraction of sp³-hybridized carbons (Fsp3) is 0.286. The van der Waals surface area contributed by atoms with Gasteiger partial charge in [-0.15, -0.1) is 0 Å². The molecule has 170 valence electrons. The van der Waals surface area contributed by atoms with Gasteiger partial charge in [0.25, 0.3) is 0 Å². The van der Waals surface area contributed by atoms with E-state index in [1.807, 2.05) is 24.3 Å². The summed E-state index contributed by atoms with van der Waals surface area (Å²) in [5.74, 6) is 1.15. The van der Waals surface area contributed by atoms with Crippen molar-refractivity contribution in [2.45, 2.75) is 26.8 Å². The van der Waals surface area contributed by atoms with E-state index < -0.39 is 10.0 Å². The number of benzene rings is 2. The number of amides is 1. The van der Waals surface area contributed by atoms with Crippen molar-refractivity contribution in [1.29, 1.82) is 0 Å². The Morgan fingerprint density at radius 2 is 1.94 bits per heavy atom. The van der Waals surface area contributed by atoms with Crippen molar-refractivity contribution in [3.63, 3.8) is 0 Å². The Balaban J connectivity index is 1.66. The maximum absolute atomic E-state index is 12.5. The second-order valence-corrected chi connectivity index (χ2v) is 9.46. The van der Waals surface area contributed by atoms with Crippen molar-refractivity contribution in [2.24, 2.45) is 0 Å². The number of aromatic nitrogens is 3. The topological polar surface area (TPSA) is 118 Å². The number of aromatic amines is 1. The molecule has 0 bridgehead atoms. The first kappa shape index (κ1) is 23.5. The second-order valence-electron chi connectivity index (χ2n) is 7.07. The Kier molecular flexibility index (Phi) is 7.31. The molecular weight excluding hydrogens is 450 g/mol. The first-order valence-corrected chi connectivity index (χ1v) is 12.0. The number of sulfonamides is 1. The van der Waals surface area contributed by atoms with Gasteiger partial charge in [0, 0.05) is 24.2 Å². The molecule has 11 heteroatoms. The third-order valence-electron chi connectivity index (χ3n) is 4.82. The van der Waals surface area contributed by atoms with Crippen LogP contribution in [0.2, 0.25) is 0 Å². The number of ether oxygens (including phenoxy) is 1. The minimum Gasteiger partial charge on any atom is -0.497 e. The van der Waals surface area contributed by atoms with Gasteiger partial charge in [0.05, 0.1) is 18.6 Å². The number of nitrogens with one attached hydrogen (secondary N) is 3. The molecule has 1 aromatic heterocycles. The van der Waals surface area contributed by atoms with E-state index in [2.05, 4.69) is 20.2 Å². The standard InChI is InChI=1S/C21H25N5O4S2/c1-4-32(28,29)25-18-10-7-16(13-14(18)2)22-19(27)11-12-26-20(23-24-21(26)31)15-5-8-17(30-3)9-6-15/h5-10,13,25H,4,11-12H2,1-3H3,(H,22,27)(H,24,31). The predicted octanol–water partition coefficient (Wildman–Crippen LogP) is 3.72. The van der Waals surface area contributed by atoms with Crippen LogP contribution < -0.4 is 14.8 Å². The van der Waals surface area contributed by atoms with Gasteiger partial charge in [-0.1, -0.05) is 0 Å². The lowest BCUT2D eigenvalue weighted by Gasteiger charge is -2.12. The molecule has 0 aliphatic heterocycles. The van der Waals surface area contributed by atoms with Crippen LogP contribution in [-0.2, 0) is 21.4 Å². The lowest BCUT2D eigenvalue weighted by molar-refractivity contribution is -0.116. The number of methoxy groups -OCH3 is 1. The molecule has 9 nitrogen and oxygen atoms in total. The van der Waals surface area contributed by atoms with Crippen LogP contribution in [0.5, 0.6) is 5.75 Å². The number of carbonyl (C=O) groups is 1. The summed E-state index contributed by atoms with van der Waals surface area (Å²) in [6, 6.07) is 12.4. The maximum atomic E-state index is 12.5. The summed E-state index contributed by atoms with van der Waals surface area (Å²) < 4.78 is 33.4. The largest absolute Gasteiger partial charge is 0.497 e. The third kappa shape index (κ3) is 5.74. The van der Waals surface area contributed by atoms with Gasteiger partial charge in [0.1, 0.15) is 5.75 Å². The number of hydrogen-bond donors (Lipinski definition) is 3. The number of aryl methyl sites for hydroxylation is 1. The number of rotatable bonds is 9. The van der Waals surface area contributed by atoms with Crippen LogP contribution in [0.15, 0.2) is 42.5 Å². The summed E-state index contributed by atoms with van der Waals surface area (Å²) in [6.45, 7) is 3.68. The highest BCUT2D eigenvalue weighted by atomic mass is 32.2. The van der Waals surface area contributed by atoms with E-state index in [4.69, 9.17) is 17.0 Å². The summed E-state index contributed by atoms with van der Waals surface area (Å²) >= 11 is 5.32. The number of carbonyl (C=O) groups excluding carboxylic acids is 1. The second kappa shape index (κ2) is 9.96. The first-order chi connectivity index (χ1) is 15.2. The zero-order valence-corrected chi connectivity index (χ0v) is 19.6. The first-order valence-electron chi connectivity index (χ1n) is 9.93. The highest BCUT2D eigenvalue weighted by Crippen LogP contribution is 2.23. The number of nitrogens with zero attached hydrogens (tertiary/aromatic N) is 2. The van der Waals surface area contributed by atoms with E-state index in [0.717, 1.165) is 11.3 Å². The zero-order valence-electron chi connectivity index (χ0n) is 18.0. The van der Waals surface area contributed by atoms with Crippen molar-refractivity contribution >= 4 is 39.5 Å². The Morgan fingerprint density at radius 1 is 1.22 bits per heavy atom. The summed E-state index contributed by atoms with van der Waals surface area (Å²) in [4.78, 5) is 12.5. The molecule has 0 unspecified atom stereocenters. The van der Waals surface area contributed by atoms with E-state index in [1.54, 1.807) is 43.7 Å². The van der Waals surface area contributed by atoms with Crippen LogP contribution in [0.1, 0.15) is 18.9 Å². The minimum absolute atomic E-state index is 0.0139. The highest BCUT2D eigenvalue weighted by molar-refractivity contribution is 7.92. The van der Waals surface area contributed by atoms with Crippen LogP contribution in [-0.4, -0.2) is 42.0 Å². The van der Waals surface area contributed by atoms with Crippen molar-refractivity contribution in [3.8, 4) is 17.1 Å². The van der Waals surface area contributed by atoms with Crippen molar-refractivity contribution in [1.82, 2.24) is 14.8 Å². The van der Waals surface area contributed by atoms with Gasteiger partial charge in [-0.05, 0) is 74.1 Å². The van der Waals surface area contributed by atoms with E-state index in [9.17, 15) is 13.2 Å². The zero-order chi connectivity index (χ0) is 23.3. The monoisotopic (exact) mass is 475 g/mol. The van der Waals surface area contributed by atoms with Gasteiger partial charge in [-0.25, -0.2) is 8.42 Å². The van der Waals surface area contributed by atoms with Crippen LogP contribution in [0.4, 0.5) is 11.4 Å². The fourth-order valence-corrected chi connectivity index (χ4v) is 3.95.